The minimum absolute atomic E-state index is 0. The highest BCUT2D eigenvalue weighted by Crippen LogP contribution is 2.27. The van der Waals surface area contributed by atoms with Gasteiger partial charge in [0.15, 0.2) is 0 Å². The van der Waals surface area contributed by atoms with Crippen LogP contribution in [-0.4, -0.2) is 44.1 Å². The Morgan fingerprint density at radius 2 is 2.35 bits per heavy atom. The van der Waals surface area contributed by atoms with Crippen molar-refractivity contribution in [1.82, 2.24) is 9.55 Å². The van der Waals surface area contributed by atoms with Crippen LogP contribution in [0.25, 0.3) is 0 Å². The summed E-state index contributed by atoms with van der Waals surface area (Å²) in [6.07, 6.45) is -0.333. The molecular weight excluding hydrogens is 231 g/mol. The van der Waals surface area contributed by atoms with E-state index < -0.39 is 24.1 Å². The lowest BCUT2D eigenvalue weighted by atomic mass is 10.3. The van der Waals surface area contributed by atoms with Crippen molar-refractivity contribution in [3.8, 4) is 0 Å². The van der Waals surface area contributed by atoms with E-state index in [9.17, 15) is 9.90 Å². The first-order chi connectivity index (χ1) is 7.61. The first kappa shape index (κ1) is 13.6. The lowest BCUT2D eigenvalue weighted by molar-refractivity contribution is -0.0458. The molecule has 0 spiro atoms. The number of anilines is 1. The highest BCUT2D eigenvalue weighted by atomic mass is 16.6. The van der Waals surface area contributed by atoms with Crippen LogP contribution in [0.4, 0.5) is 5.82 Å². The Kier molecular flexibility index (Phi) is 4.18. The monoisotopic (exact) mass is 246 g/mol. The molecule has 17 heavy (non-hydrogen) atoms. The Bertz CT molecular complexity index is 435. The van der Waals surface area contributed by atoms with Gasteiger partial charge in [0, 0.05) is 12.6 Å². The van der Waals surface area contributed by atoms with E-state index in [1.54, 1.807) is 0 Å². The van der Waals surface area contributed by atoms with Crippen LogP contribution in [0, 0.1) is 0 Å². The first-order valence-corrected chi connectivity index (χ1v) is 4.91. The van der Waals surface area contributed by atoms with Crippen LogP contribution < -0.4 is 11.4 Å². The Balaban J connectivity index is 0.00000144. The summed E-state index contributed by atoms with van der Waals surface area (Å²) in [5.74, 6) is 0.138. The topological polar surface area (TPSA) is 142 Å². The molecule has 0 bridgehead atoms. The molecule has 8 heteroatoms. The summed E-state index contributed by atoms with van der Waals surface area (Å²) in [4.78, 5) is 15.0. The standard InChI is InChI=1S/C9H13N3O4.H2O/c10-7-1-2-12(9(15)11-7)8-3-5(14)6(4-13)16-8;/h1-2,5-6,8,13-14H,3-4H2,(H2,10,11,15);1H2/t5-,6+,8+;/m0./s1/i3+1;. The van der Waals surface area contributed by atoms with Gasteiger partial charge in [-0.25, -0.2) is 4.79 Å². The van der Waals surface area contributed by atoms with Gasteiger partial charge in [-0.05, 0) is 6.07 Å². The zero-order valence-corrected chi connectivity index (χ0v) is 8.98. The molecule has 1 saturated heterocycles. The van der Waals surface area contributed by atoms with Gasteiger partial charge in [-0.1, -0.05) is 0 Å². The number of aliphatic hydroxyl groups excluding tert-OH is 2. The van der Waals surface area contributed by atoms with E-state index >= 15 is 0 Å². The second-order valence-corrected chi connectivity index (χ2v) is 3.66. The van der Waals surface area contributed by atoms with Crippen LogP contribution in [0.5, 0.6) is 0 Å². The summed E-state index contributed by atoms with van der Waals surface area (Å²) in [6, 6.07) is 1.48. The minimum atomic E-state index is -0.778. The summed E-state index contributed by atoms with van der Waals surface area (Å²) < 4.78 is 6.56. The van der Waals surface area contributed by atoms with Gasteiger partial charge in [0.05, 0.1) is 12.7 Å². The van der Waals surface area contributed by atoms with Gasteiger partial charge in [-0.2, -0.15) is 4.98 Å². The fourth-order valence-electron chi connectivity index (χ4n) is 1.70. The lowest BCUT2D eigenvalue weighted by Crippen LogP contribution is -2.27. The molecule has 2 rings (SSSR count). The molecule has 0 unspecified atom stereocenters. The number of nitrogens with zero attached hydrogens (tertiary/aromatic N) is 2. The van der Waals surface area contributed by atoms with Crippen molar-refractivity contribution >= 4 is 5.82 Å². The van der Waals surface area contributed by atoms with Crippen molar-refractivity contribution in [3.63, 3.8) is 0 Å². The fourth-order valence-corrected chi connectivity index (χ4v) is 1.70. The molecule has 1 aliphatic rings. The van der Waals surface area contributed by atoms with Gasteiger partial charge in [0.25, 0.3) is 0 Å². The van der Waals surface area contributed by atoms with Gasteiger partial charge in [0.2, 0.25) is 0 Å². The summed E-state index contributed by atoms with van der Waals surface area (Å²) >= 11 is 0. The summed E-state index contributed by atoms with van der Waals surface area (Å²) in [5, 5.41) is 18.4. The molecule has 1 aliphatic heterocycles. The summed E-state index contributed by atoms with van der Waals surface area (Å²) in [6.45, 7) is -0.283. The Labute approximate surface area is 96.6 Å². The van der Waals surface area contributed by atoms with Crippen LogP contribution in [0.3, 0.4) is 0 Å². The number of ether oxygens (including phenoxy) is 1. The van der Waals surface area contributed by atoms with E-state index in [-0.39, 0.29) is 24.3 Å². The zero-order chi connectivity index (χ0) is 11.7. The second kappa shape index (κ2) is 5.23. The van der Waals surface area contributed by atoms with Crippen molar-refractivity contribution < 1.29 is 20.4 Å². The number of aliphatic hydroxyl groups is 2. The molecule has 0 radical (unpaired) electrons. The molecule has 1 fully saturated rings. The van der Waals surface area contributed by atoms with Crippen LogP contribution >= 0.6 is 0 Å². The molecule has 0 saturated carbocycles. The van der Waals surface area contributed by atoms with Crippen LogP contribution in [-0.2, 0) is 4.74 Å². The predicted octanol–water partition coefficient (Wildman–Crippen LogP) is -2.36. The van der Waals surface area contributed by atoms with Crippen molar-refractivity contribution in [1.29, 1.82) is 0 Å². The Hall–Kier alpha value is -1.48. The summed E-state index contributed by atoms with van der Waals surface area (Å²) in [7, 11) is 0. The lowest BCUT2D eigenvalue weighted by Gasteiger charge is -2.13. The van der Waals surface area contributed by atoms with Crippen molar-refractivity contribution in [2.45, 2.75) is 24.9 Å². The third-order valence-electron chi connectivity index (χ3n) is 2.55. The average molecular weight is 246 g/mol. The number of hydrogen-bond donors (Lipinski definition) is 3. The molecule has 0 amide bonds. The molecule has 3 atom stereocenters. The SMILES string of the molecule is Nc1ccn([C@H]2[13CH2][C@H](O)[C@@H](CO)O2)c(=O)n1.O. The van der Waals surface area contributed by atoms with E-state index in [2.05, 4.69) is 4.98 Å². The molecule has 0 aromatic carbocycles. The highest BCUT2D eigenvalue weighted by molar-refractivity contribution is 5.23. The number of nitrogen functional groups attached to an aromatic ring is 1. The number of aromatic nitrogens is 2. The quantitative estimate of drug-likeness (QED) is 0.498. The Morgan fingerprint density at radius 3 is 2.88 bits per heavy atom. The molecule has 1 aromatic rings. The molecule has 96 valence electrons. The van der Waals surface area contributed by atoms with Gasteiger partial charge < -0.3 is 26.2 Å². The predicted molar refractivity (Wildman–Crippen MR) is 58.1 cm³/mol. The molecule has 6 N–H and O–H groups in total. The van der Waals surface area contributed by atoms with E-state index in [4.69, 9.17) is 15.6 Å². The fraction of sp³-hybridized carbons (Fsp3) is 0.556. The maximum absolute atomic E-state index is 11.5. The number of hydrogen-bond acceptors (Lipinski definition) is 6. The van der Waals surface area contributed by atoms with E-state index in [0.29, 0.717) is 0 Å². The van der Waals surface area contributed by atoms with Gasteiger partial charge in [-0.15, -0.1) is 0 Å². The van der Waals surface area contributed by atoms with Crippen molar-refractivity contribution in [3.05, 3.63) is 22.7 Å². The Morgan fingerprint density at radius 1 is 1.65 bits per heavy atom. The van der Waals surface area contributed by atoms with Gasteiger partial charge in [-0.3, -0.25) is 4.57 Å². The van der Waals surface area contributed by atoms with E-state index in [1.807, 2.05) is 0 Å². The van der Waals surface area contributed by atoms with Crippen LogP contribution in [0.1, 0.15) is 12.6 Å². The molecule has 1 aromatic heterocycles. The second-order valence-electron chi connectivity index (χ2n) is 3.66. The molecule has 2 heterocycles. The van der Waals surface area contributed by atoms with Crippen molar-refractivity contribution in [2.75, 3.05) is 12.3 Å². The van der Waals surface area contributed by atoms with Crippen LogP contribution in [0.2, 0.25) is 0 Å². The maximum Gasteiger partial charge on any atom is 0.351 e. The third-order valence-corrected chi connectivity index (χ3v) is 2.55. The van der Waals surface area contributed by atoms with Crippen molar-refractivity contribution in [2.24, 2.45) is 0 Å². The molecular formula is C9H15N3O5. The normalized spacial score (nSPS) is 27.8. The number of rotatable bonds is 2. The number of nitrogens with two attached hydrogens (primary N) is 1. The highest BCUT2D eigenvalue weighted by Gasteiger charge is 2.34. The minimum Gasteiger partial charge on any atom is -0.412 e. The van der Waals surface area contributed by atoms with Gasteiger partial charge >= 0.3 is 5.69 Å². The largest absolute Gasteiger partial charge is 0.412 e. The van der Waals surface area contributed by atoms with E-state index in [0.717, 1.165) is 0 Å². The third kappa shape index (κ3) is 2.61. The zero-order valence-electron chi connectivity index (χ0n) is 8.98. The van der Waals surface area contributed by atoms with E-state index in [1.165, 1.54) is 16.8 Å². The van der Waals surface area contributed by atoms with Crippen LogP contribution in [0.15, 0.2) is 17.1 Å². The smallest absolute Gasteiger partial charge is 0.351 e. The average Bonchev–Trinajstić information content (AvgIpc) is 2.59. The first-order valence-electron chi connectivity index (χ1n) is 4.91. The summed E-state index contributed by atoms with van der Waals surface area (Å²) in [5.41, 5.74) is 4.82. The maximum atomic E-state index is 11.5. The molecule has 8 nitrogen and oxygen atoms in total. The molecule has 0 aliphatic carbocycles. The van der Waals surface area contributed by atoms with Gasteiger partial charge in [0.1, 0.15) is 18.1 Å².